The SMILES string of the molecule is CC(C)(C)OC(=O)N1CCC(C(=O)NNC(=O)[C@@H]2CC[C@@H]3CN2C(=O)N3OS(=O)(=O)O)CC1. The predicted octanol–water partition coefficient (Wildman–Crippen LogP) is -0.216. The van der Waals surface area contributed by atoms with Gasteiger partial charge in [0.05, 0.1) is 6.04 Å². The van der Waals surface area contributed by atoms with Crippen molar-refractivity contribution in [3.8, 4) is 0 Å². The molecule has 3 saturated heterocycles. The fourth-order valence-corrected chi connectivity index (χ4v) is 4.45. The lowest BCUT2D eigenvalue weighted by Crippen LogP contribution is -2.55. The van der Waals surface area contributed by atoms with Gasteiger partial charge in [-0.1, -0.05) is 0 Å². The van der Waals surface area contributed by atoms with Crippen molar-refractivity contribution in [1.82, 2.24) is 25.7 Å². The maximum absolute atomic E-state index is 12.6. The second-order valence-corrected chi connectivity index (χ2v) is 10.2. The lowest BCUT2D eigenvalue weighted by Gasteiger charge is -2.33. The van der Waals surface area contributed by atoms with Crippen LogP contribution in [0.4, 0.5) is 9.59 Å². The zero-order valence-electron chi connectivity index (χ0n) is 18.6. The zero-order valence-corrected chi connectivity index (χ0v) is 19.5. The number of piperidine rings is 2. The van der Waals surface area contributed by atoms with Gasteiger partial charge in [0.25, 0.3) is 5.91 Å². The van der Waals surface area contributed by atoms with Gasteiger partial charge in [-0.3, -0.25) is 25.0 Å². The van der Waals surface area contributed by atoms with Crippen molar-refractivity contribution >= 4 is 34.3 Å². The van der Waals surface area contributed by atoms with Gasteiger partial charge in [0.15, 0.2) is 0 Å². The number of ether oxygens (including phenoxy) is 1. The van der Waals surface area contributed by atoms with Gasteiger partial charge in [0.1, 0.15) is 11.6 Å². The topological polar surface area (TPSA) is 175 Å². The van der Waals surface area contributed by atoms with E-state index < -0.39 is 57.9 Å². The fraction of sp³-hybridized carbons (Fsp3) is 0.778. The number of hydrazine groups is 1. The Morgan fingerprint density at radius 1 is 1.03 bits per heavy atom. The number of urea groups is 1. The number of hydroxylamine groups is 2. The maximum atomic E-state index is 12.6. The number of amides is 5. The summed E-state index contributed by atoms with van der Waals surface area (Å²) in [6.07, 6.45) is 0.856. The van der Waals surface area contributed by atoms with E-state index in [2.05, 4.69) is 15.1 Å². The van der Waals surface area contributed by atoms with Gasteiger partial charge in [-0.25, -0.2) is 9.59 Å². The Labute approximate surface area is 191 Å². The number of nitrogens with one attached hydrogen (secondary N) is 2. The van der Waals surface area contributed by atoms with Crippen LogP contribution >= 0.6 is 0 Å². The van der Waals surface area contributed by atoms with Crippen molar-refractivity contribution in [2.45, 2.75) is 64.1 Å². The molecule has 15 heteroatoms. The van der Waals surface area contributed by atoms with Crippen molar-refractivity contribution in [2.75, 3.05) is 19.6 Å². The Bertz CT molecular complexity index is 911. The molecular formula is C18H29N5O9S. The highest BCUT2D eigenvalue weighted by molar-refractivity contribution is 7.80. The van der Waals surface area contributed by atoms with Crippen molar-refractivity contribution < 1.29 is 41.2 Å². The van der Waals surface area contributed by atoms with Gasteiger partial charge in [0.2, 0.25) is 5.91 Å². The van der Waals surface area contributed by atoms with Gasteiger partial charge >= 0.3 is 22.5 Å². The van der Waals surface area contributed by atoms with E-state index in [1.54, 1.807) is 20.8 Å². The van der Waals surface area contributed by atoms with Crippen LogP contribution in [-0.2, 0) is 29.0 Å². The number of nitrogens with zero attached hydrogens (tertiary/aromatic N) is 3. The van der Waals surface area contributed by atoms with E-state index in [0.717, 1.165) is 4.90 Å². The molecule has 3 fully saturated rings. The number of fused-ring (bicyclic) bond motifs is 2. The lowest BCUT2D eigenvalue weighted by atomic mass is 9.96. The second-order valence-electron chi connectivity index (χ2n) is 9.23. The molecule has 2 atom stereocenters. The summed E-state index contributed by atoms with van der Waals surface area (Å²) < 4.78 is 40.4. The third-order valence-corrected chi connectivity index (χ3v) is 5.98. The number of carbonyl (C=O) groups is 4. The van der Waals surface area contributed by atoms with Crippen LogP contribution in [0, 0.1) is 5.92 Å². The Morgan fingerprint density at radius 2 is 1.64 bits per heavy atom. The van der Waals surface area contributed by atoms with Crippen LogP contribution in [0.5, 0.6) is 0 Å². The molecule has 0 aliphatic carbocycles. The summed E-state index contributed by atoms with van der Waals surface area (Å²) in [5, 5.41) is 0.541. The standard InChI is InChI=1S/C18H29N5O9S/c1-18(2,3)31-17(27)21-8-6-11(7-9-21)14(24)19-20-15(25)13-5-4-12-10-22(13)16(26)23(12)32-33(28,29)30/h11-13H,4-10H2,1-3H3,(H,19,24)(H,20,25)(H,28,29,30)/t12-,13+/m1/s1. The molecule has 0 spiro atoms. The predicted molar refractivity (Wildman–Crippen MR) is 110 cm³/mol. The monoisotopic (exact) mass is 491 g/mol. The van der Waals surface area contributed by atoms with Crippen LogP contribution in [0.2, 0.25) is 0 Å². The number of hydrogen-bond acceptors (Lipinski definition) is 8. The Morgan fingerprint density at radius 3 is 2.21 bits per heavy atom. The van der Waals surface area contributed by atoms with Crippen molar-refractivity contribution in [1.29, 1.82) is 0 Å². The summed E-state index contributed by atoms with van der Waals surface area (Å²) in [4.78, 5) is 52.2. The minimum atomic E-state index is -4.88. The van der Waals surface area contributed by atoms with Gasteiger partial charge < -0.3 is 14.5 Å². The highest BCUT2D eigenvalue weighted by Crippen LogP contribution is 2.30. The molecule has 33 heavy (non-hydrogen) atoms. The van der Waals surface area contributed by atoms with Crippen LogP contribution in [0.15, 0.2) is 0 Å². The van der Waals surface area contributed by atoms with Crippen LogP contribution in [0.3, 0.4) is 0 Å². The van der Waals surface area contributed by atoms with Crippen molar-refractivity contribution in [3.05, 3.63) is 0 Å². The fourth-order valence-electron chi connectivity index (χ4n) is 4.06. The highest BCUT2D eigenvalue weighted by atomic mass is 32.3. The van der Waals surface area contributed by atoms with Gasteiger partial charge in [-0.05, 0) is 46.5 Å². The van der Waals surface area contributed by atoms with Crippen LogP contribution in [-0.4, -0.2) is 89.1 Å². The first kappa shape index (κ1) is 25.0. The maximum Gasteiger partial charge on any atom is 0.418 e. The molecule has 0 radical (unpaired) electrons. The summed E-state index contributed by atoms with van der Waals surface area (Å²) in [5.74, 6) is -1.45. The molecule has 0 aromatic carbocycles. The van der Waals surface area contributed by atoms with E-state index in [4.69, 9.17) is 9.29 Å². The average molecular weight is 492 g/mol. The smallest absolute Gasteiger partial charge is 0.418 e. The quantitative estimate of drug-likeness (QED) is 0.355. The van der Waals surface area contributed by atoms with Gasteiger partial charge in [0, 0.05) is 25.6 Å². The zero-order chi connectivity index (χ0) is 24.6. The molecule has 0 aromatic heterocycles. The third kappa shape index (κ3) is 6.23. The molecule has 0 unspecified atom stereocenters. The number of rotatable bonds is 4. The summed E-state index contributed by atoms with van der Waals surface area (Å²) in [6, 6.07) is -2.41. The van der Waals surface area contributed by atoms with E-state index in [1.807, 2.05) is 0 Å². The minimum absolute atomic E-state index is 0.0452. The highest BCUT2D eigenvalue weighted by Gasteiger charge is 2.49. The first-order chi connectivity index (χ1) is 15.2. The lowest BCUT2D eigenvalue weighted by molar-refractivity contribution is -0.134. The van der Waals surface area contributed by atoms with Crippen molar-refractivity contribution in [2.24, 2.45) is 5.92 Å². The molecule has 3 rings (SSSR count). The average Bonchev–Trinajstić information content (AvgIpc) is 2.94. The molecular weight excluding hydrogens is 462 g/mol. The summed E-state index contributed by atoms with van der Waals surface area (Å²) in [7, 11) is -4.88. The molecule has 3 aliphatic rings. The van der Waals surface area contributed by atoms with Gasteiger partial charge in [-0.2, -0.15) is 13.5 Å². The van der Waals surface area contributed by atoms with E-state index in [1.165, 1.54) is 4.90 Å². The molecule has 3 aliphatic heterocycles. The largest absolute Gasteiger partial charge is 0.444 e. The molecule has 14 nitrogen and oxygen atoms in total. The molecule has 0 aromatic rings. The Kier molecular flexibility index (Phi) is 7.04. The molecule has 186 valence electrons. The van der Waals surface area contributed by atoms with Crippen LogP contribution < -0.4 is 10.9 Å². The minimum Gasteiger partial charge on any atom is -0.444 e. The molecule has 5 amide bonds. The molecule has 3 N–H and O–H groups in total. The normalized spacial score (nSPS) is 24.0. The summed E-state index contributed by atoms with van der Waals surface area (Å²) >= 11 is 0. The molecule has 2 bridgehead atoms. The number of carbonyl (C=O) groups excluding carboxylic acids is 4. The van der Waals surface area contributed by atoms with Crippen molar-refractivity contribution in [3.63, 3.8) is 0 Å². The first-order valence-electron chi connectivity index (χ1n) is 10.6. The molecule has 0 saturated carbocycles. The molecule has 3 heterocycles. The van der Waals surface area contributed by atoms with Crippen LogP contribution in [0.1, 0.15) is 46.5 Å². The number of likely N-dealkylation sites (tertiary alicyclic amines) is 1. The summed E-state index contributed by atoms with van der Waals surface area (Å²) in [6.45, 7) is 6.05. The third-order valence-electron chi connectivity index (χ3n) is 5.63. The van der Waals surface area contributed by atoms with E-state index in [0.29, 0.717) is 31.0 Å². The Balaban J connectivity index is 1.46. The van der Waals surface area contributed by atoms with E-state index >= 15 is 0 Å². The second kappa shape index (κ2) is 9.30. The Hall–Kier alpha value is -2.65. The van der Waals surface area contributed by atoms with Crippen LogP contribution in [0.25, 0.3) is 0 Å². The van der Waals surface area contributed by atoms with Gasteiger partial charge in [-0.15, -0.1) is 4.28 Å². The first-order valence-corrected chi connectivity index (χ1v) is 12.0. The summed E-state index contributed by atoms with van der Waals surface area (Å²) in [5.41, 5.74) is 4.07. The van der Waals surface area contributed by atoms with E-state index in [9.17, 15) is 27.6 Å². The van der Waals surface area contributed by atoms with E-state index in [-0.39, 0.29) is 19.4 Å². The number of hydrogen-bond donors (Lipinski definition) is 3.